The van der Waals surface area contributed by atoms with Gasteiger partial charge in [-0.3, -0.25) is 4.79 Å². The maximum atomic E-state index is 12.5. The maximum absolute atomic E-state index is 12.5. The summed E-state index contributed by atoms with van der Waals surface area (Å²) in [7, 11) is 0. The smallest absolute Gasteiger partial charge is 0.417 e. The summed E-state index contributed by atoms with van der Waals surface area (Å²) in [5.41, 5.74) is -1.08. The Balaban J connectivity index is 1.48. The molecular weight excluding hydrogens is 365 g/mol. The van der Waals surface area contributed by atoms with Gasteiger partial charge in [0.25, 0.3) is 5.91 Å². The highest BCUT2D eigenvalue weighted by atomic mass is 19.4. The number of pyridine rings is 1. The van der Waals surface area contributed by atoms with E-state index in [0.717, 1.165) is 18.5 Å². The van der Waals surface area contributed by atoms with Gasteiger partial charge in [0.1, 0.15) is 12.4 Å². The van der Waals surface area contributed by atoms with Crippen molar-refractivity contribution in [1.29, 1.82) is 0 Å². The van der Waals surface area contributed by atoms with Crippen LogP contribution in [0.15, 0.2) is 45.9 Å². The molecule has 0 bridgehead atoms. The van der Waals surface area contributed by atoms with Crippen molar-refractivity contribution >= 4 is 5.91 Å². The van der Waals surface area contributed by atoms with Crippen LogP contribution in [0.5, 0.6) is 5.88 Å². The van der Waals surface area contributed by atoms with Gasteiger partial charge in [-0.25, -0.2) is 9.78 Å². The molecule has 1 aliphatic rings. The Bertz CT molecular complexity index is 820. The van der Waals surface area contributed by atoms with E-state index in [2.05, 4.69) is 14.7 Å². The predicted molar refractivity (Wildman–Crippen MR) is 88.4 cm³/mol. The van der Waals surface area contributed by atoms with Gasteiger partial charge < -0.3 is 14.5 Å². The molecule has 1 N–H and O–H groups in total. The summed E-state index contributed by atoms with van der Waals surface area (Å²) in [5, 5.41) is 2.87. The molecule has 1 amide bonds. The number of carbonyl (C=O) groups excluding carboxylic acids is 1. The zero-order valence-corrected chi connectivity index (χ0v) is 14.2. The molecule has 1 aliphatic carbocycles. The molecular formula is C18H17F3N2O4. The number of carbonyl (C=O) groups is 1. The molecule has 2 aromatic rings. The first kappa shape index (κ1) is 18.9. The van der Waals surface area contributed by atoms with E-state index < -0.39 is 17.4 Å². The fourth-order valence-corrected chi connectivity index (χ4v) is 2.87. The van der Waals surface area contributed by atoms with Crippen LogP contribution in [0.2, 0.25) is 0 Å². The minimum Gasteiger partial charge on any atom is -0.474 e. The van der Waals surface area contributed by atoms with E-state index >= 15 is 0 Å². The minimum atomic E-state index is -4.43. The molecule has 2 heterocycles. The van der Waals surface area contributed by atoms with E-state index in [0.29, 0.717) is 25.7 Å². The lowest BCUT2D eigenvalue weighted by Gasteiger charge is -2.29. The van der Waals surface area contributed by atoms with Gasteiger partial charge in [0.2, 0.25) is 5.88 Å². The largest absolute Gasteiger partial charge is 0.474 e. The SMILES string of the molecule is O=C(NC1CCC(Oc2ccc(C(F)(F)F)cn2)CC1)c1ccc(=O)oc1. The molecule has 0 unspecified atom stereocenters. The Morgan fingerprint density at radius 3 is 2.44 bits per heavy atom. The fourth-order valence-electron chi connectivity index (χ4n) is 2.87. The molecule has 144 valence electrons. The predicted octanol–water partition coefficient (Wildman–Crippen LogP) is 3.17. The van der Waals surface area contributed by atoms with Crippen molar-refractivity contribution in [2.45, 2.75) is 44.0 Å². The van der Waals surface area contributed by atoms with Crippen LogP contribution in [0, 0.1) is 0 Å². The Kier molecular flexibility index (Phi) is 5.48. The summed E-state index contributed by atoms with van der Waals surface area (Å²) >= 11 is 0. The normalized spacial score (nSPS) is 20.1. The van der Waals surface area contributed by atoms with Gasteiger partial charge in [-0.05, 0) is 37.8 Å². The lowest BCUT2D eigenvalue weighted by atomic mass is 9.92. The number of hydrogen-bond donors (Lipinski definition) is 1. The first-order chi connectivity index (χ1) is 12.8. The van der Waals surface area contributed by atoms with Gasteiger partial charge in [0.15, 0.2) is 0 Å². The molecule has 27 heavy (non-hydrogen) atoms. The lowest BCUT2D eigenvalue weighted by Crippen LogP contribution is -2.39. The summed E-state index contributed by atoms with van der Waals surface area (Å²) in [4.78, 5) is 26.7. The monoisotopic (exact) mass is 382 g/mol. The first-order valence-electron chi connectivity index (χ1n) is 8.41. The quantitative estimate of drug-likeness (QED) is 0.878. The molecule has 0 aromatic carbocycles. The third kappa shape index (κ3) is 5.08. The number of amides is 1. The van der Waals surface area contributed by atoms with Crippen LogP contribution in [0.4, 0.5) is 13.2 Å². The number of nitrogens with zero attached hydrogens (tertiary/aromatic N) is 1. The molecule has 0 saturated heterocycles. The van der Waals surface area contributed by atoms with Crippen LogP contribution >= 0.6 is 0 Å². The molecule has 3 rings (SSSR count). The second kappa shape index (κ2) is 7.81. The summed E-state index contributed by atoms with van der Waals surface area (Å²) in [6, 6.07) is 4.67. The Hall–Kier alpha value is -2.84. The topological polar surface area (TPSA) is 81.4 Å². The van der Waals surface area contributed by atoms with Gasteiger partial charge in [-0.15, -0.1) is 0 Å². The molecule has 9 heteroatoms. The first-order valence-corrected chi connectivity index (χ1v) is 8.41. The van der Waals surface area contributed by atoms with Gasteiger partial charge in [-0.1, -0.05) is 0 Å². The van der Waals surface area contributed by atoms with E-state index in [1.807, 2.05) is 0 Å². The van der Waals surface area contributed by atoms with Crippen molar-refractivity contribution in [1.82, 2.24) is 10.3 Å². The highest BCUT2D eigenvalue weighted by Crippen LogP contribution is 2.30. The molecule has 0 radical (unpaired) electrons. The molecule has 2 aromatic heterocycles. The molecule has 0 spiro atoms. The zero-order chi connectivity index (χ0) is 19.4. The van der Waals surface area contributed by atoms with Crippen molar-refractivity contribution in [3.05, 3.63) is 58.3 Å². The van der Waals surface area contributed by atoms with Crippen LogP contribution in [0.1, 0.15) is 41.6 Å². The summed E-state index contributed by atoms with van der Waals surface area (Å²) in [6.07, 6.45) is -0.140. The van der Waals surface area contributed by atoms with Crippen LogP contribution in [-0.4, -0.2) is 23.0 Å². The van der Waals surface area contributed by atoms with Crippen molar-refractivity contribution in [2.24, 2.45) is 0 Å². The van der Waals surface area contributed by atoms with E-state index in [1.54, 1.807) is 0 Å². The number of rotatable bonds is 4. The molecule has 1 fully saturated rings. The van der Waals surface area contributed by atoms with Crippen molar-refractivity contribution in [3.8, 4) is 5.88 Å². The van der Waals surface area contributed by atoms with Crippen LogP contribution < -0.4 is 15.7 Å². The molecule has 0 aliphatic heterocycles. The standard InChI is InChI=1S/C18H17F3N2O4/c19-18(20,21)12-2-7-15(22-9-12)27-14-5-3-13(4-6-14)23-17(25)11-1-8-16(24)26-10-11/h1-2,7-10,13-14H,3-6H2,(H,23,25). The Morgan fingerprint density at radius 2 is 1.89 bits per heavy atom. The average Bonchev–Trinajstić information content (AvgIpc) is 2.63. The lowest BCUT2D eigenvalue weighted by molar-refractivity contribution is -0.137. The van der Waals surface area contributed by atoms with E-state index in [9.17, 15) is 22.8 Å². The second-order valence-electron chi connectivity index (χ2n) is 6.29. The van der Waals surface area contributed by atoms with Crippen molar-refractivity contribution in [2.75, 3.05) is 0 Å². The van der Waals surface area contributed by atoms with Gasteiger partial charge >= 0.3 is 11.8 Å². The van der Waals surface area contributed by atoms with Crippen molar-refractivity contribution < 1.29 is 27.1 Å². The number of nitrogens with one attached hydrogen (secondary N) is 1. The highest BCUT2D eigenvalue weighted by molar-refractivity contribution is 5.93. The Labute approximate surface area is 152 Å². The molecule has 6 nitrogen and oxygen atoms in total. The fraction of sp³-hybridized carbons (Fsp3) is 0.389. The summed E-state index contributed by atoms with van der Waals surface area (Å²) < 4.78 is 47.9. The third-order valence-corrected chi connectivity index (χ3v) is 4.32. The Morgan fingerprint density at radius 1 is 1.15 bits per heavy atom. The molecule has 0 atom stereocenters. The van der Waals surface area contributed by atoms with Crippen molar-refractivity contribution in [3.63, 3.8) is 0 Å². The van der Waals surface area contributed by atoms with E-state index in [1.165, 1.54) is 18.2 Å². The second-order valence-corrected chi connectivity index (χ2v) is 6.29. The maximum Gasteiger partial charge on any atom is 0.417 e. The van der Waals surface area contributed by atoms with Crippen LogP contribution in [-0.2, 0) is 6.18 Å². The van der Waals surface area contributed by atoms with E-state index in [-0.39, 0.29) is 29.5 Å². The zero-order valence-electron chi connectivity index (χ0n) is 14.2. The molecule has 1 saturated carbocycles. The number of ether oxygens (including phenoxy) is 1. The minimum absolute atomic E-state index is 0.0511. The summed E-state index contributed by atoms with van der Waals surface area (Å²) in [5.74, 6) is -0.178. The number of aromatic nitrogens is 1. The highest BCUT2D eigenvalue weighted by Gasteiger charge is 2.31. The van der Waals surface area contributed by atoms with Crippen LogP contribution in [0.25, 0.3) is 0 Å². The van der Waals surface area contributed by atoms with E-state index in [4.69, 9.17) is 4.74 Å². The third-order valence-electron chi connectivity index (χ3n) is 4.32. The van der Waals surface area contributed by atoms with Gasteiger partial charge in [0, 0.05) is 24.4 Å². The van der Waals surface area contributed by atoms with Gasteiger partial charge in [0.05, 0.1) is 11.1 Å². The summed E-state index contributed by atoms with van der Waals surface area (Å²) in [6.45, 7) is 0. The van der Waals surface area contributed by atoms with Gasteiger partial charge in [-0.2, -0.15) is 13.2 Å². The average molecular weight is 382 g/mol. The number of alkyl halides is 3. The number of hydrogen-bond acceptors (Lipinski definition) is 5. The number of halogens is 3. The van der Waals surface area contributed by atoms with Crippen LogP contribution in [0.3, 0.4) is 0 Å².